The third kappa shape index (κ3) is 3.18. The normalized spacial score (nSPS) is 31.7. The van der Waals surface area contributed by atoms with Crippen LogP contribution in [0.5, 0.6) is 0 Å². The molecule has 1 aliphatic carbocycles. The van der Waals surface area contributed by atoms with E-state index in [4.69, 9.17) is 4.74 Å². The number of nitrogens with one attached hydrogen (secondary N) is 1. The first-order valence-corrected chi connectivity index (χ1v) is 5.82. The summed E-state index contributed by atoms with van der Waals surface area (Å²) in [6, 6.07) is 0.602. The first-order valence-electron chi connectivity index (χ1n) is 5.82. The van der Waals surface area contributed by atoms with Crippen molar-refractivity contribution in [2.45, 2.75) is 44.9 Å². The molecule has 2 aliphatic rings. The average Bonchev–Trinajstić information content (AvgIpc) is 2.96. The minimum Gasteiger partial charge on any atom is -0.372 e. The summed E-state index contributed by atoms with van der Waals surface area (Å²) in [6.45, 7) is 5.99. The van der Waals surface area contributed by atoms with Gasteiger partial charge in [-0.25, -0.2) is 0 Å². The summed E-state index contributed by atoms with van der Waals surface area (Å²) >= 11 is 0. The lowest BCUT2D eigenvalue weighted by atomic mass is 10.2. The third-order valence-electron chi connectivity index (χ3n) is 2.89. The van der Waals surface area contributed by atoms with Crippen LogP contribution < -0.4 is 5.32 Å². The number of nitrogens with zero attached hydrogens (tertiary/aromatic N) is 1. The molecule has 0 aromatic carbocycles. The Morgan fingerprint density at radius 2 is 1.93 bits per heavy atom. The lowest BCUT2D eigenvalue weighted by Crippen LogP contribution is -2.50. The van der Waals surface area contributed by atoms with Gasteiger partial charge in [-0.2, -0.15) is 0 Å². The van der Waals surface area contributed by atoms with Crippen LogP contribution in [0.1, 0.15) is 26.7 Å². The number of carbonyl (C=O) groups excluding carboxylic acids is 1. The lowest BCUT2D eigenvalue weighted by molar-refractivity contribution is -0.142. The second kappa shape index (κ2) is 4.49. The van der Waals surface area contributed by atoms with Crippen molar-refractivity contribution in [2.24, 2.45) is 0 Å². The summed E-state index contributed by atoms with van der Waals surface area (Å²) in [7, 11) is 0. The molecule has 15 heavy (non-hydrogen) atoms. The van der Waals surface area contributed by atoms with E-state index in [1.54, 1.807) is 0 Å². The molecule has 0 aromatic heterocycles. The molecule has 0 radical (unpaired) electrons. The molecule has 1 saturated carbocycles. The van der Waals surface area contributed by atoms with E-state index in [-0.39, 0.29) is 18.1 Å². The van der Waals surface area contributed by atoms with Crippen LogP contribution in [0.25, 0.3) is 0 Å². The molecule has 2 rings (SSSR count). The fourth-order valence-corrected chi connectivity index (χ4v) is 2.01. The van der Waals surface area contributed by atoms with Crippen LogP contribution in [0, 0.1) is 0 Å². The van der Waals surface area contributed by atoms with Gasteiger partial charge in [0, 0.05) is 19.1 Å². The van der Waals surface area contributed by atoms with E-state index in [0.717, 1.165) is 13.1 Å². The molecule has 1 heterocycles. The zero-order valence-corrected chi connectivity index (χ0v) is 9.53. The Labute approximate surface area is 91.0 Å². The van der Waals surface area contributed by atoms with Crippen LogP contribution in [0.2, 0.25) is 0 Å². The fraction of sp³-hybridized carbons (Fsp3) is 0.909. The van der Waals surface area contributed by atoms with E-state index in [2.05, 4.69) is 5.32 Å². The molecule has 0 aromatic rings. The van der Waals surface area contributed by atoms with E-state index in [9.17, 15) is 4.79 Å². The quantitative estimate of drug-likeness (QED) is 0.735. The van der Waals surface area contributed by atoms with Crippen LogP contribution >= 0.6 is 0 Å². The summed E-state index contributed by atoms with van der Waals surface area (Å²) < 4.78 is 5.59. The Balaban J connectivity index is 1.77. The molecule has 1 N–H and O–H groups in total. The van der Waals surface area contributed by atoms with Crippen LogP contribution in [0.15, 0.2) is 0 Å². The Morgan fingerprint density at radius 3 is 2.47 bits per heavy atom. The molecule has 2 atom stereocenters. The number of ether oxygens (including phenoxy) is 1. The molecule has 0 unspecified atom stereocenters. The van der Waals surface area contributed by atoms with Gasteiger partial charge in [0.05, 0.1) is 18.8 Å². The highest BCUT2D eigenvalue weighted by Crippen LogP contribution is 2.18. The van der Waals surface area contributed by atoms with Gasteiger partial charge in [-0.1, -0.05) is 0 Å². The van der Waals surface area contributed by atoms with Crippen LogP contribution in [-0.4, -0.2) is 48.7 Å². The first-order chi connectivity index (χ1) is 7.15. The molecule has 0 bridgehead atoms. The average molecular weight is 212 g/mol. The van der Waals surface area contributed by atoms with Crippen molar-refractivity contribution in [3.63, 3.8) is 0 Å². The Hall–Kier alpha value is -0.610. The molecular weight excluding hydrogens is 192 g/mol. The number of morpholine rings is 1. The zero-order chi connectivity index (χ0) is 10.8. The van der Waals surface area contributed by atoms with Crippen molar-refractivity contribution in [1.82, 2.24) is 10.2 Å². The van der Waals surface area contributed by atoms with E-state index in [1.807, 2.05) is 18.7 Å². The number of hydrogen-bond acceptors (Lipinski definition) is 3. The maximum absolute atomic E-state index is 11.8. The molecule has 1 amide bonds. The number of amides is 1. The van der Waals surface area contributed by atoms with Crippen molar-refractivity contribution in [3.05, 3.63) is 0 Å². The zero-order valence-electron chi connectivity index (χ0n) is 9.53. The lowest BCUT2D eigenvalue weighted by Gasteiger charge is -2.35. The van der Waals surface area contributed by atoms with Crippen molar-refractivity contribution < 1.29 is 9.53 Å². The highest BCUT2D eigenvalue weighted by atomic mass is 16.5. The summed E-state index contributed by atoms with van der Waals surface area (Å²) in [6.07, 6.45) is 2.78. The molecule has 4 heteroatoms. The van der Waals surface area contributed by atoms with E-state index < -0.39 is 0 Å². The molecule has 4 nitrogen and oxygen atoms in total. The van der Waals surface area contributed by atoms with Gasteiger partial charge < -0.3 is 15.0 Å². The third-order valence-corrected chi connectivity index (χ3v) is 2.89. The second-order valence-corrected chi connectivity index (χ2v) is 4.71. The second-order valence-electron chi connectivity index (χ2n) is 4.71. The predicted molar refractivity (Wildman–Crippen MR) is 57.6 cm³/mol. The van der Waals surface area contributed by atoms with Gasteiger partial charge in [0.2, 0.25) is 5.91 Å². The number of hydrogen-bond donors (Lipinski definition) is 1. The monoisotopic (exact) mass is 212 g/mol. The Bertz CT molecular complexity index is 231. The predicted octanol–water partition coefficient (Wildman–Crippen LogP) is 0.374. The van der Waals surface area contributed by atoms with Gasteiger partial charge in [0.15, 0.2) is 0 Å². The Morgan fingerprint density at radius 1 is 1.33 bits per heavy atom. The fourth-order valence-electron chi connectivity index (χ4n) is 2.01. The Kier molecular flexibility index (Phi) is 3.26. The molecular formula is C11H20N2O2. The highest BCUT2D eigenvalue weighted by molar-refractivity contribution is 5.78. The first kappa shape index (κ1) is 10.9. The maximum Gasteiger partial charge on any atom is 0.236 e. The molecule has 1 saturated heterocycles. The summed E-state index contributed by atoms with van der Waals surface area (Å²) in [5.41, 5.74) is 0. The van der Waals surface area contributed by atoms with E-state index >= 15 is 0 Å². The minimum atomic E-state index is 0.165. The largest absolute Gasteiger partial charge is 0.372 e. The molecule has 2 fully saturated rings. The van der Waals surface area contributed by atoms with Gasteiger partial charge in [-0.05, 0) is 26.7 Å². The van der Waals surface area contributed by atoms with E-state index in [1.165, 1.54) is 12.8 Å². The molecule has 1 aliphatic heterocycles. The molecule has 0 spiro atoms. The van der Waals surface area contributed by atoms with Gasteiger partial charge in [0.1, 0.15) is 0 Å². The minimum absolute atomic E-state index is 0.165. The summed E-state index contributed by atoms with van der Waals surface area (Å²) in [5.74, 6) is 0.212. The smallest absolute Gasteiger partial charge is 0.236 e. The van der Waals surface area contributed by atoms with Crippen molar-refractivity contribution in [1.29, 1.82) is 0 Å². The van der Waals surface area contributed by atoms with Crippen LogP contribution in [-0.2, 0) is 9.53 Å². The van der Waals surface area contributed by atoms with Crippen molar-refractivity contribution in [3.8, 4) is 0 Å². The highest BCUT2D eigenvalue weighted by Gasteiger charge is 2.27. The van der Waals surface area contributed by atoms with Crippen LogP contribution in [0.3, 0.4) is 0 Å². The molecule has 86 valence electrons. The summed E-state index contributed by atoms with van der Waals surface area (Å²) in [5, 5.41) is 3.25. The van der Waals surface area contributed by atoms with Crippen molar-refractivity contribution in [2.75, 3.05) is 19.6 Å². The SMILES string of the molecule is C[C@H]1CN(C(=O)CNC2CC2)C[C@H](C)O1. The number of rotatable bonds is 3. The summed E-state index contributed by atoms with van der Waals surface area (Å²) in [4.78, 5) is 13.7. The van der Waals surface area contributed by atoms with Gasteiger partial charge >= 0.3 is 0 Å². The van der Waals surface area contributed by atoms with Gasteiger partial charge in [-0.15, -0.1) is 0 Å². The van der Waals surface area contributed by atoms with E-state index in [0.29, 0.717) is 12.6 Å². The van der Waals surface area contributed by atoms with Gasteiger partial charge in [0.25, 0.3) is 0 Å². The standard InChI is InChI=1S/C11H20N2O2/c1-8-6-13(7-9(2)15-8)11(14)5-12-10-3-4-10/h8-10,12H,3-7H2,1-2H3/t8-,9-/m0/s1. The van der Waals surface area contributed by atoms with Crippen molar-refractivity contribution >= 4 is 5.91 Å². The number of carbonyl (C=O) groups is 1. The maximum atomic E-state index is 11.8. The van der Waals surface area contributed by atoms with Gasteiger partial charge in [-0.3, -0.25) is 4.79 Å². The topological polar surface area (TPSA) is 41.6 Å². The van der Waals surface area contributed by atoms with Crippen LogP contribution in [0.4, 0.5) is 0 Å².